The van der Waals surface area contributed by atoms with Gasteiger partial charge in [0, 0.05) is 29.8 Å². The quantitative estimate of drug-likeness (QED) is 0.198. The van der Waals surface area contributed by atoms with Crippen molar-refractivity contribution in [3.8, 4) is 16.9 Å². The summed E-state index contributed by atoms with van der Waals surface area (Å²) in [6.07, 6.45) is 3.07. The van der Waals surface area contributed by atoms with Gasteiger partial charge in [0.15, 0.2) is 9.84 Å². The SMILES string of the molecule is Cc1ccc(C2(O)CCN(S(=O)(=O)c3ccc4c(c3)/C(=N\O)c3cc(S(=O)(=O)C5CCC(C)(C)CC5)ccc3-4)CC2)c(O)c1. The van der Waals surface area contributed by atoms with Crippen molar-refractivity contribution in [3.63, 3.8) is 0 Å². The van der Waals surface area contributed by atoms with Gasteiger partial charge in [0.1, 0.15) is 11.5 Å². The predicted octanol–water partition coefficient (Wildman–Crippen LogP) is 5.32. The maximum absolute atomic E-state index is 13.7. The summed E-state index contributed by atoms with van der Waals surface area (Å²) >= 11 is 0. The molecule has 0 bridgehead atoms. The van der Waals surface area contributed by atoms with Crippen molar-refractivity contribution >= 4 is 25.6 Å². The molecule has 3 aromatic rings. The third-order valence-corrected chi connectivity index (χ3v) is 13.9. The maximum Gasteiger partial charge on any atom is 0.243 e. The number of rotatable bonds is 5. The molecule has 9 nitrogen and oxygen atoms in total. The van der Waals surface area contributed by atoms with E-state index in [2.05, 4.69) is 19.0 Å². The zero-order valence-corrected chi connectivity index (χ0v) is 26.7. The number of sulfonamides is 1. The van der Waals surface area contributed by atoms with Crippen molar-refractivity contribution < 1.29 is 32.3 Å². The highest BCUT2D eigenvalue weighted by molar-refractivity contribution is 7.92. The zero-order valence-electron chi connectivity index (χ0n) is 25.1. The molecule has 0 aromatic heterocycles. The molecule has 0 atom stereocenters. The molecule has 1 saturated heterocycles. The Bertz CT molecular complexity index is 1880. The van der Waals surface area contributed by atoms with Gasteiger partial charge < -0.3 is 15.4 Å². The molecule has 234 valence electrons. The van der Waals surface area contributed by atoms with E-state index in [4.69, 9.17) is 0 Å². The molecule has 11 heteroatoms. The van der Waals surface area contributed by atoms with Gasteiger partial charge in [-0.05, 0) is 97.9 Å². The highest BCUT2D eigenvalue weighted by atomic mass is 32.2. The lowest BCUT2D eigenvalue weighted by molar-refractivity contribution is -0.0113. The van der Waals surface area contributed by atoms with Crippen LogP contribution < -0.4 is 0 Å². The second-order valence-electron chi connectivity index (χ2n) is 13.2. The van der Waals surface area contributed by atoms with E-state index in [9.17, 15) is 32.3 Å². The smallest absolute Gasteiger partial charge is 0.243 e. The lowest BCUT2D eigenvalue weighted by Gasteiger charge is -2.38. The monoisotopic (exact) mass is 638 g/mol. The molecular weight excluding hydrogens is 601 g/mol. The highest BCUT2D eigenvalue weighted by Gasteiger charge is 2.41. The van der Waals surface area contributed by atoms with Crippen LogP contribution in [0.4, 0.5) is 0 Å². The first-order valence-electron chi connectivity index (χ1n) is 14.9. The number of nitrogens with zero attached hydrogens (tertiary/aromatic N) is 2. The third kappa shape index (κ3) is 5.13. The van der Waals surface area contributed by atoms with Crippen LogP contribution in [-0.2, 0) is 25.5 Å². The van der Waals surface area contributed by atoms with Gasteiger partial charge in [-0.25, -0.2) is 16.8 Å². The largest absolute Gasteiger partial charge is 0.508 e. The predicted molar refractivity (Wildman–Crippen MR) is 167 cm³/mol. The minimum atomic E-state index is -3.98. The lowest BCUT2D eigenvalue weighted by Crippen LogP contribution is -2.45. The van der Waals surface area contributed by atoms with Crippen molar-refractivity contribution in [2.24, 2.45) is 10.6 Å². The number of oxime groups is 1. The van der Waals surface area contributed by atoms with Crippen LogP contribution in [0.3, 0.4) is 0 Å². The first-order chi connectivity index (χ1) is 20.7. The van der Waals surface area contributed by atoms with Crippen molar-refractivity contribution in [1.29, 1.82) is 0 Å². The van der Waals surface area contributed by atoms with Gasteiger partial charge in [0.2, 0.25) is 10.0 Å². The summed E-state index contributed by atoms with van der Waals surface area (Å²) in [5, 5.41) is 34.7. The average molecular weight is 639 g/mol. The number of piperidine rings is 1. The number of aryl methyl sites for hydroxylation is 1. The van der Waals surface area contributed by atoms with Crippen LogP contribution >= 0.6 is 0 Å². The summed E-state index contributed by atoms with van der Waals surface area (Å²) in [7, 11) is -7.59. The Morgan fingerprint density at radius 2 is 1.36 bits per heavy atom. The topological polar surface area (TPSA) is 145 Å². The van der Waals surface area contributed by atoms with E-state index in [0.717, 1.165) is 18.4 Å². The number of fused-ring (bicyclic) bond motifs is 3. The number of aliphatic hydroxyl groups is 1. The van der Waals surface area contributed by atoms with Gasteiger partial charge in [-0.3, -0.25) is 0 Å². The minimum absolute atomic E-state index is 0.00601. The second kappa shape index (κ2) is 10.7. The highest BCUT2D eigenvalue weighted by Crippen LogP contribution is 2.43. The summed E-state index contributed by atoms with van der Waals surface area (Å²) in [6.45, 7) is 6.24. The molecule has 3 N–H and O–H groups in total. The third-order valence-electron chi connectivity index (χ3n) is 9.78. The molecule has 0 unspecified atom stereocenters. The molecule has 0 radical (unpaired) electrons. The van der Waals surface area contributed by atoms with Crippen LogP contribution in [0.15, 0.2) is 69.5 Å². The fraction of sp³-hybridized carbons (Fsp3) is 0.424. The van der Waals surface area contributed by atoms with Crippen LogP contribution in [0.5, 0.6) is 5.75 Å². The number of hydrogen-bond donors (Lipinski definition) is 3. The number of aromatic hydroxyl groups is 1. The molecule has 3 aliphatic rings. The Hall–Kier alpha value is -3.25. The molecule has 44 heavy (non-hydrogen) atoms. The zero-order chi connectivity index (χ0) is 31.7. The van der Waals surface area contributed by atoms with E-state index < -0.39 is 30.7 Å². The Kier molecular flexibility index (Phi) is 7.47. The lowest BCUT2D eigenvalue weighted by atomic mass is 9.77. The number of hydrogen-bond acceptors (Lipinski definition) is 8. The number of benzene rings is 3. The van der Waals surface area contributed by atoms with Gasteiger partial charge in [-0.15, -0.1) is 0 Å². The van der Waals surface area contributed by atoms with Crippen molar-refractivity contribution in [2.75, 3.05) is 13.1 Å². The summed E-state index contributed by atoms with van der Waals surface area (Å²) in [4.78, 5) is 0.176. The van der Waals surface area contributed by atoms with Crippen LogP contribution in [0, 0.1) is 12.3 Å². The van der Waals surface area contributed by atoms with Gasteiger partial charge >= 0.3 is 0 Å². The van der Waals surface area contributed by atoms with Crippen molar-refractivity contribution in [1.82, 2.24) is 4.31 Å². The van der Waals surface area contributed by atoms with Gasteiger partial charge in [-0.1, -0.05) is 43.3 Å². The number of sulfone groups is 1. The Labute approximate surface area is 258 Å². The molecule has 3 aromatic carbocycles. The van der Waals surface area contributed by atoms with Gasteiger partial charge in [0.05, 0.1) is 20.6 Å². The van der Waals surface area contributed by atoms with E-state index >= 15 is 0 Å². The molecule has 2 aliphatic carbocycles. The molecule has 0 amide bonds. The van der Waals surface area contributed by atoms with Crippen LogP contribution in [0.25, 0.3) is 11.1 Å². The number of phenols is 1. The first kappa shape index (κ1) is 30.8. The fourth-order valence-electron chi connectivity index (χ4n) is 6.92. The van der Waals surface area contributed by atoms with E-state index in [1.165, 1.54) is 16.4 Å². The van der Waals surface area contributed by atoms with E-state index in [1.807, 2.05) is 6.92 Å². The van der Waals surface area contributed by atoms with Gasteiger partial charge in [0.25, 0.3) is 0 Å². The maximum atomic E-state index is 13.7. The van der Waals surface area contributed by atoms with E-state index in [1.54, 1.807) is 42.5 Å². The summed E-state index contributed by atoms with van der Waals surface area (Å²) in [5.74, 6) is -0.0172. The van der Waals surface area contributed by atoms with Crippen LogP contribution in [0.2, 0.25) is 0 Å². The standard InChI is InChI=1S/C33H38N2O7S2/c1-21-4-9-29(30(36)18-21)33(37)14-16-35(17-15-33)44(41,42)24-6-8-26-25-7-5-23(19-27(25)31(34-38)28(26)20-24)43(39,40)22-10-12-32(2,3)13-11-22/h4-9,18-20,22,36-38H,10-17H2,1-3H3/b34-31-. The molecular formula is C33H38N2O7S2. The Morgan fingerprint density at radius 3 is 1.93 bits per heavy atom. The normalized spacial score (nSPS) is 21.2. The fourth-order valence-corrected chi connectivity index (χ4v) is 10.2. The first-order valence-corrected chi connectivity index (χ1v) is 17.9. The number of phenolic OH excluding ortho intramolecular Hbond substituents is 1. The van der Waals surface area contributed by atoms with Crippen LogP contribution in [-0.4, -0.2) is 60.6 Å². The van der Waals surface area contributed by atoms with Crippen molar-refractivity contribution in [2.45, 2.75) is 79.9 Å². The summed E-state index contributed by atoms with van der Waals surface area (Å²) < 4.78 is 55.9. The Morgan fingerprint density at radius 1 is 0.795 bits per heavy atom. The Balaban J connectivity index is 1.25. The molecule has 1 heterocycles. The molecule has 1 saturated carbocycles. The minimum Gasteiger partial charge on any atom is -0.508 e. The van der Waals surface area contributed by atoms with Crippen LogP contribution in [0.1, 0.15) is 74.6 Å². The molecule has 0 spiro atoms. The summed E-state index contributed by atoms with van der Waals surface area (Å²) in [5.41, 5.74) is 2.28. The summed E-state index contributed by atoms with van der Waals surface area (Å²) in [6, 6.07) is 14.5. The van der Waals surface area contributed by atoms with Gasteiger partial charge in [-0.2, -0.15) is 4.31 Å². The average Bonchev–Trinajstić information content (AvgIpc) is 3.29. The molecule has 2 fully saturated rings. The second-order valence-corrected chi connectivity index (χ2v) is 17.4. The van der Waals surface area contributed by atoms with E-state index in [0.29, 0.717) is 40.7 Å². The van der Waals surface area contributed by atoms with Crippen molar-refractivity contribution in [3.05, 3.63) is 76.9 Å². The molecule has 6 rings (SSSR count). The molecule has 1 aliphatic heterocycles. The van der Waals surface area contributed by atoms with E-state index in [-0.39, 0.29) is 52.6 Å².